The smallest absolute Gasteiger partial charge is 0.355 e. The topological polar surface area (TPSA) is 74.4 Å². The molecule has 1 saturated carbocycles. The molecule has 0 atom stereocenters. The lowest BCUT2D eigenvalue weighted by atomic mass is 9.93. The first-order valence-corrected chi connectivity index (χ1v) is 11.4. The van der Waals surface area contributed by atoms with Crippen LogP contribution in [0, 0.1) is 20.8 Å². The van der Waals surface area contributed by atoms with E-state index < -0.39 is 0 Å². The number of aryl methyl sites for hydroxylation is 2. The molecule has 1 aromatic heterocycles. The van der Waals surface area contributed by atoms with E-state index in [0.717, 1.165) is 48.1 Å². The molecule has 1 aromatic carbocycles. The van der Waals surface area contributed by atoms with Crippen LogP contribution in [0.3, 0.4) is 0 Å². The van der Waals surface area contributed by atoms with Crippen molar-refractivity contribution in [3.63, 3.8) is 0 Å². The van der Waals surface area contributed by atoms with E-state index in [-0.39, 0.29) is 18.0 Å². The second-order valence-corrected chi connectivity index (χ2v) is 8.67. The van der Waals surface area contributed by atoms with Gasteiger partial charge in [-0.1, -0.05) is 36.9 Å². The summed E-state index contributed by atoms with van der Waals surface area (Å²) in [6, 6.07) is 5.55. The number of aromatic nitrogens is 1. The quantitative estimate of drug-likeness (QED) is 0.524. The molecule has 0 unspecified atom stereocenters. The summed E-state index contributed by atoms with van der Waals surface area (Å²) in [5.41, 5.74) is 4.79. The van der Waals surface area contributed by atoms with Crippen molar-refractivity contribution in [1.29, 1.82) is 0 Å². The van der Waals surface area contributed by atoms with E-state index in [1.165, 1.54) is 6.42 Å². The molecule has 0 saturated heterocycles. The number of halogens is 1. The number of hydrogen-bond acceptors (Lipinski definition) is 3. The number of hydrogen-bond donors (Lipinski definition) is 2. The molecule has 2 aromatic rings. The molecule has 0 aliphatic heterocycles. The van der Waals surface area contributed by atoms with Gasteiger partial charge in [0.25, 0.3) is 0 Å². The van der Waals surface area contributed by atoms with E-state index in [2.05, 4.69) is 10.3 Å². The molecule has 3 rings (SSSR count). The fraction of sp³-hybridized carbons (Fsp3) is 0.500. The second-order valence-electron chi connectivity index (χ2n) is 8.26. The second kappa shape index (κ2) is 10.2. The lowest BCUT2D eigenvalue weighted by molar-refractivity contribution is 0.0519. The first kappa shape index (κ1) is 23.2. The Morgan fingerprint density at radius 3 is 2.55 bits per heavy atom. The van der Waals surface area contributed by atoms with Gasteiger partial charge in [0.15, 0.2) is 0 Å². The summed E-state index contributed by atoms with van der Waals surface area (Å²) in [5, 5.41) is 3.64. The van der Waals surface area contributed by atoms with E-state index in [0.29, 0.717) is 29.6 Å². The van der Waals surface area contributed by atoms with Gasteiger partial charge in [-0.25, -0.2) is 9.59 Å². The summed E-state index contributed by atoms with van der Waals surface area (Å²) in [7, 11) is 0. The third kappa shape index (κ3) is 5.42. The largest absolute Gasteiger partial charge is 0.461 e. The molecule has 2 N–H and O–H groups in total. The lowest BCUT2D eigenvalue weighted by Gasteiger charge is -2.34. The van der Waals surface area contributed by atoms with Crippen molar-refractivity contribution in [2.24, 2.45) is 0 Å². The van der Waals surface area contributed by atoms with Crippen LogP contribution in [-0.4, -0.2) is 34.5 Å². The van der Waals surface area contributed by atoms with Crippen LogP contribution in [0.2, 0.25) is 5.02 Å². The molecule has 1 aliphatic carbocycles. The van der Waals surface area contributed by atoms with Gasteiger partial charge in [-0.2, -0.15) is 0 Å². The van der Waals surface area contributed by atoms with Crippen LogP contribution in [0.4, 0.5) is 10.5 Å². The molecule has 6 nitrogen and oxygen atoms in total. The van der Waals surface area contributed by atoms with Crippen molar-refractivity contribution in [2.45, 2.75) is 72.4 Å². The van der Waals surface area contributed by atoms with E-state index in [9.17, 15) is 9.59 Å². The van der Waals surface area contributed by atoms with Crippen LogP contribution in [0.1, 0.15) is 71.9 Å². The van der Waals surface area contributed by atoms with Gasteiger partial charge in [0, 0.05) is 29.0 Å². The number of carbonyl (C=O) groups is 2. The molecule has 1 heterocycles. The Bertz CT molecular complexity index is 948. The van der Waals surface area contributed by atoms with Crippen LogP contribution in [0.25, 0.3) is 0 Å². The Labute approximate surface area is 189 Å². The molecule has 168 valence electrons. The highest BCUT2D eigenvalue weighted by atomic mass is 35.5. The Balaban J connectivity index is 1.86. The van der Waals surface area contributed by atoms with Gasteiger partial charge >= 0.3 is 12.0 Å². The highest BCUT2D eigenvalue weighted by Crippen LogP contribution is 2.28. The minimum absolute atomic E-state index is 0.149. The maximum atomic E-state index is 13.3. The van der Waals surface area contributed by atoms with E-state index >= 15 is 0 Å². The molecule has 0 radical (unpaired) electrons. The number of nitrogens with zero attached hydrogens (tertiary/aromatic N) is 1. The molecule has 1 fully saturated rings. The average Bonchev–Trinajstić information content (AvgIpc) is 3.03. The van der Waals surface area contributed by atoms with Gasteiger partial charge in [-0.15, -0.1) is 0 Å². The fourth-order valence-corrected chi connectivity index (χ4v) is 4.41. The summed E-state index contributed by atoms with van der Waals surface area (Å²) in [4.78, 5) is 30.7. The first-order chi connectivity index (χ1) is 14.8. The molecular weight excluding hydrogens is 414 g/mol. The zero-order chi connectivity index (χ0) is 22.5. The fourth-order valence-electron chi connectivity index (χ4n) is 4.23. The number of H-pyrrole nitrogens is 1. The summed E-state index contributed by atoms with van der Waals surface area (Å²) < 4.78 is 5.17. The number of amides is 2. The predicted octanol–water partition coefficient (Wildman–Crippen LogP) is 6.14. The average molecular weight is 446 g/mol. The van der Waals surface area contributed by atoms with E-state index in [4.69, 9.17) is 16.3 Å². The maximum absolute atomic E-state index is 13.3. The summed E-state index contributed by atoms with van der Waals surface area (Å²) in [6.45, 7) is 8.31. The Morgan fingerprint density at radius 1 is 1.19 bits per heavy atom. The van der Waals surface area contributed by atoms with Gasteiger partial charge in [0.1, 0.15) is 5.69 Å². The van der Waals surface area contributed by atoms with Crippen molar-refractivity contribution < 1.29 is 14.3 Å². The third-order valence-electron chi connectivity index (χ3n) is 6.10. The van der Waals surface area contributed by atoms with E-state index in [1.54, 1.807) is 13.0 Å². The number of esters is 1. The van der Waals surface area contributed by atoms with Crippen LogP contribution in [0.5, 0.6) is 0 Å². The zero-order valence-electron chi connectivity index (χ0n) is 18.8. The lowest BCUT2D eigenvalue weighted by Crippen LogP contribution is -2.43. The highest BCUT2D eigenvalue weighted by molar-refractivity contribution is 6.31. The van der Waals surface area contributed by atoms with Crippen molar-refractivity contribution in [3.05, 3.63) is 51.3 Å². The first-order valence-electron chi connectivity index (χ1n) is 11.0. The molecule has 31 heavy (non-hydrogen) atoms. The van der Waals surface area contributed by atoms with E-state index in [1.807, 2.05) is 37.8 Å². The van der Waals surface area contributed by atoms with Gasteiger partial charge in [-0.05, 0) is 69.4 Å². The zero-order valence-corrected chi connectivity index (χ0v) is 19.6. The molecule has 0 spiro atoms. The molecule has 7 heteroatoms. The number of nitrogens with one attached hydrogen (secondary N) is 2. The summed E-state index contributed by atoms with van der Waals surface area (Å²) in [5.74, 6) is -0.364. The van der Waals surface area contributed by atoms with Gasteiger partial charge in [0.05, 0.1) is 6.61 Å². The van der Waals surface area contributed by atoms with Crippen LogP contribution < -0.4 is 5.32 Å². The molecule has 0 bridgehead atoms. The standard InChI is InChI=1S/C24H32ClN3O3/c1-5-31-23(29)22-16(3)20(17(4)26-22)14-28(19-9-7-6-8-10-19)24(30)27-18-12-11-15(2)21(25)13-18/h11-13,19,26H,5-10,14H2,1-4H3,(H,27,30). The Hall–Kier alpha value is -2.47. The van der Waals surface area contributed by atoms with Crippen LogP contribution in [-0.2, 0) is 11.3 Å². The number of carbonyl (C=O) groups excluding carboxylic acids is 2. The number of anilines is 1. The molecule has 1 aliphatic rings. The van der Waals surface area contributed by atoms with Crippen molar-refractivity contribution in [3.8, 4) is 0 Å². The highest BCUT2D eigenvalue weighted by Gasteiger charge is 2.28. The predicted molar refractivity (Wildman–Crippen MR) is 124 cm³/mol. The van der Waals surface area contributed by atoms with Crippen molar-refractivity contribution in [1.82, 2.24) is 9.88 Å². The number of ether oxygens (including phenoxy) is 1. The summed E-state index contributed by atoms with van der Waals surface area (Å²) in [6.07, 6.45) is 5.40. The normalized spacial score (nSPS) is 14.4. The molecule has 2 amide bonds. The Kier molecular flexibility index (Phi) is 7.65. The molecular formula is C24H32ClN3O3. The minimum atomic E-state index is -0.364. The number of rotatable bonds is 6. The SMILES string of the molecule is CCOC(=O)c1[nH]c(C)c(CN(C(=O)Nc2ccc(C)c(Cl)c2)C2CCCCC2)c1C. The monoisotopic (exact) mass is 445 g/mol. The van der Waals surface area contributed by atoms with Crippen molar-refractivity contribution >= 4 is 29.3 Å². The minimum Gasteiger partial charge on any atom is -0.461 e. The maximum Gasteiger partial charge on any atom is 0.355 e. The Morgan fingerprint density at radius 2 is 1.90 bits per heavy atom. The van der Waals surface area contributed by atoms with Crippen molar-refractivity contribution in [2.75, 3.05) is 11.9 Å². The number of urea groups is 1. The van der Waals surface area contributed by atoms with Crippen LogP contribution in [0.15, 0.2) is 18.2 Å². The van der Waals surface area contributed by atoms with Gasteiger partial charge < -0.3 is 19.9 Å². The van der Waals surface area contributed by atoms with Gasteiger partial charge in [0.2, 0.25) is 0 Å². The number of aromatic amines is 1. The summed E-state index contributed by atoms with van der Waals surface area (Å²) >= 11 is 6.24. The van der Waals surface area contributed by atoms with Crippen LogP contribution >= 0.6 is 11.6 Å². The van der Waals surface area contributed by atoms with Gasteiger partial charge in [-0.3, -0.25) is 0 Å². The third-order valence-corrected chi connectivity index (χ3v) is 6.51. The number of benzene rings is 1.